The maximum Gasteiger partial charge on any atom is 0.210 e. The van der Waals surface area contributed by atoms with Crippen LogP contribution in [-0.2, 0) is 5.41 Å². The molecule has 4 heteroatoms. The van der Waals surface area contributed by atoms with Gasteiger partial charge in [-0.2, -0.15) is 0 Å². The molecule has 0 saturated carbocycles. The molecule has 0 amide bonds. The molecular formula is C21H21ClO3. The molecule has 3 nitrogen and oxygen atoms in total. The number of para-hydroxylation sites is 1. The maximum absolute atomic E-state index is 12.9. The van der Waals surface area contributed by atoms with Crippen LogP contribution in [-0.4, -0.2) is 17.2 Å². The van der Waals surface area contributed by atoms with Gasteiger partial charge in [0.15, 0.2) is 11.4 Å². The van der Waals surface area contributed by atoms with E-state index in [1.54, 1.807) is 37.3 Å². The summed E-state index contributed by atoms with van der Waals surface area (Å²) in [6.07, 6.45) is -0.00821. The number of ether oxygens (including phenoxy) is 1. The zero-order valence-electron chi connectivity index (χ0n) is 14.9. The Kier molecular flexibility index (Phi) is 4.24. The van der Waals surface area contributed by atoms with Crippen LogP contribution in [0.4, 0.5) is 0 Å². The number of hydrogen-bond donors (Lipinski definition) is 0. The molecule has 0 radical (unpaired) electrons. The number of rotatable bonds is 3. The van der Waals surface area contributed by atoms with E-state index in [2.05, 4.69) is 20.8 Å². The van der Waals surface area contributed by atoms with Gasteiger partial charge in [-0.05, 0) is 42.7 Å². The highest BCUT2D eigenvalue weighted by molar-refractivity contribution is 6.30. The van der Waals surface area contributed by atoms with Gasteiger partial charge in [0.25, 0.3) is 0 Å². The summed E-state index contributed by atoms with van der Waals surface area (Å²) in [5.74, 6) is 0.319. The first-order chi connectivity index (χ1) is 11.6. The van der Waals surface area contributed by atoms with Crippen molar-refractivity contribution >= 4 is 23.2 Å². The van der Waals surface area contributed by atoms with Crippen LogP contribution in [0.15, 0.2) is 42.5 Å². The van der Waals surface area contributed by atoms with Crippen LogP contribution >= 0.6 is 11.6 Å². The van der Waals surface area contributed by atoms with E-state index >= 15 is 0 Å². The van der Waals surface area contributed by atoms with Crippen molar-refractivity contribution < 1.29 is 14.3 Å². The summed E-state index contributed by atoms with van der Waals surface area (Å²) in [6.45, 7) is 7.91. The third-order valence-corrected chi connectivity index (χ3v) is 4.79. The zero-order valence-corrected chi connectivity index (χ0v) is 15.6. The average Bonchev–Trinajstić information content (AvgIpc) is 2.78. The van der Waals surface area contributed by atoms with Crippen LogP contribution in [0.3, 0.4) is 0 Å². The van der Waals surface area contributed by atoms with Gasteiger partial charge < -0.3 is 4.74 Å². The first-order valence-corrected chi connectivity index (χ1v) is 8.66. The SMILES string of the molecule is CC1(CC(=O)c2ccc(Cl)cc2)Oc2c(cccc2C(C)(C)C)C1=O. The molecule has 25 heavy (non-hydrogen) atoms. The highest BCUT2D eigenvalue weighted by atomic mass is 35.5. The summed E-state index contributed by atoms with van der Waals surface area (Å²) in [6, 6.07) is 12.3. The average molecular weight is 357 g/mol. The number of hydrogen-bond acceptors (Lipinski definition) is 3. The number of halogens is 1. The molecular weight excluding hydrogens is 336 g/mol. The second-order valence-electron chi connectivity index (χ2n) is 7.70. The summed E-state index contributed by atoms with van der Waals surface area (Å²) >= 11 is 5.87. The Morgan fingerprint density at radius 3 is 2.36 bits per heavy atom. The molecule has 1 heterocycles. The molecule has 1 atom stereocenters. The molecule has 2 aromatic rings. The van der Waals surface area contributed by atoms with Crippen LogP contribution < -0.4 is 4.74 Å². The topological polar surface area (TPSA) is 43.4 Å². The van der Waals surface area contributed by atoms with Crippen molar-refractivity contribution in [3.8, 4) is 5.75 Å². The molecule has 0 spiro atoms. The van der Waals surface area contributed by atoms with E-state index in [0.717, 1.165) is 5.56 Å². The van der Waals surface area contributed by atoms with Crippen LogP contribution in [0, 0.1) is 0 Å². The number of fused-ring (bicyclic) bond motifs is 1. The van der Waals surface area contributed by atoms with Crippen molar-refractivity contribution in [1.29, 1.82) is 0 Å². The van der Waals surface area contributed by atoms with Gasteiger partial charge in [0.05, 0.1) is 12.0 Å². The van der Waals surface area contributed by atoms with Gasteiger partial charge in [0.2, 0.25) is 5.78 Å². The molecule has 130 valence electrons. The molecule has 3 rings (SSSR count). The summed E-state index contributed by atoms with van der Waals surface area (Å²) in [7, 11) is 0. The Morgan fingerprint density at radius 2 is 1.76 bits per heavy atom. The lowest BCUT2D eigenvalue weighted by Gasteiger charge is -2.25. The number of Topliss-reactive ketones (excluding diaryl/α,β-unsaturated/α-hetero) is 2. The van der Waals surface area contributed by atoms with Crippen LogP contribution in [0.2, 0.25) is 5.02 Å². The van der Waals surface area contributed by atoms with Crippen molar-refractivity contribution in [3.05, 3.63) is 64.2 Å². The smallest absolute Gasteiger partial charge is 0.210 e. The maximum atomic E-state index is 12.9. The van der Waals surface area contributed by atoms with E-state index in [4.69, 9.17) is 16.3 Å². The number of benzene rings is 2. The third kappa shape index (κ3) is 3.21. The molecule has 0 saturated heterocycles. The Hall–Kier alpha value is -2.13. The molecule has 1 unspecified atom stereocenters. The third-order valence-electron chi connectivity index (χ3n) is 4.54. The minimum Gasteiger partial charge on any atom is -0.478 e. The fraction of sp³-hybridized carbons (Fsp3) is 0.333. The highest BCUT2D eigenvalue weighted by Gasteiger charge is 2.47. The number of ketones is 2. The van der Waals surface area contributed by atoms with E-state index in [-0.39, 0.29) is 23.4 Å². The first-order valence-electron chi connectivity index (χ1n) is 8.28. The second-order valence-corrected chi connectivity index (χ2v) is 8.14. The van der Waals surface area contributed by atoms with Gasteiger partial charge in [-0.15, -0.1) is 0 Å². The first kappa shape index (κ1) is 17.7. The monoisotopic (exact) mass is 356 g/mol. The fourth-order valence-electron chi connectivity index (χ4n) is 3.13. The van der Waals surface area contributed by atoms with Crippen LogP contribution in [0.5, 0.6) is 5.75 Å². The molecule has 1 aliphatic rings. The minimum absolute atomic E-state index is 0.00821. The summed E-state index contributed by atoms with van der Waals surface area (Å²) in [5, 5.41) is 0.568. The van der Waals surface area contributed by atoms with E-state index in [1.165, 1.54) is 0 Å². The normalized spacial score (nSPS) is 19.5. The van der Waals surface area contributed by atoms with Crippen LogP contribution in [0.1, 0.15) is 60.4 Å². The quantitative estimate of drug-likeness (QED) is 0.706. The Balaban J connectivity index is 1.92. The van der Waals surface area contributed by atoms with Gasteiger partial charge in [0, 0.05) is 16.1 Å². The van der Waals surface area contributed by atoms with Gasteiger partial charge in [-0.3, -0.25) is 9.59 Å². The zero-order chi connectivity index (χ0) is 18.4. The molecule has 0 aliphatic carbocycles. The van der Waals surface area contributed by atoms with Gasteiger partial charge >= 0.3 is 0 Å². The molecule has 0 fully saturated rings. The molecule has 1 aliphatic heterocycles. The van der Waals surface area contributed by atoms with Crippen molar-refractivity contribution in [1.82, 2.24) is 0 Å². The lowest BCUT2D eigenvalue weighted by atomic mass is 9.84. The van der Waals surface area contributed by atoms with Crippen molar-refractivity contribution in [2.75, 3.05) is 0 Å². The molecule has 0 aromatic heterocycles. The standard InChI is InChI=1S/C21H21ClO3/c1-20(2,3)16-7-5-6-15-18(16)25-21(4,19(15)24)12-17(23)13-8-10-14(22)11-9-13/h5-11H,12H2,1-4H3. The highest BCUT2D eigenvalue weighted by Crippen LogP contribution is 2.43. The van der Waals surface area contributed by atoms with Crippen molar-refractivity contribution in [2.24, 2.45) is 0 Å². The van der Waals surface area contributed by atoms with Gasteiger partial charge in [-0.25, -0.2) is 0 Å². The van der Waals surface area contributed by atoms with E-state index in [1.807, 2.05) is 12.1 Å². The van der Waals surface area contributed by atoms with E-state index < -0.39 is 5.60 Å². The van der Waals surface area contributed by atoms with Crippen molar-refractivity contribution in [3.63, 3.8) is 0 Å². The molecule has 0 bridgehead atoms. The second kappa shape index (κ2) is 5.99. The van der Waals surface area contributed by atoms with Gasteiger partial charge in [-0.1, -0.05) is 44.5 Å². The lowest BCUT2D eigenvalue weighted by Crippen LogP contribution is -2.39. The Labute approximate surface area is 153 Å². The Morgan fingerprint density at radius 1 is 1.12 bits per heavy atom. The van der Waals surface area contributed by atoms with E-state index in [0.29, 0.717) is 21.9 Å². The van der Waals surface area contributed by atoms with Gasteiger partial charge in [0.1, 0.15) is 5.75 Å². The largest absolute Gasteiger partial charge is 0.478 e. The molecule has 2 aromatic carbocycles. The number of carbonyl (C=O) groups excluding carboxylic acids is 2. The molecule has 0 N–H and O–H groups in total. The lowest BCUT2D eigenvalue weighted by molar-refractivity contribution is 0.0549. The minimum atomic E-state index is -1.18. The predicted octanol–water partition coefficient (Wildman–Crippen LogP) is 5.24. The fourth-order valence-corrected chi connectivity index (χ4v) is 3.26. The van der Waals surface area contributed by atoms with Crippen LogP contribution in [0.25, 0.3) is 0 Å². The summed E-state index contributed by atoms with van der Waals surface area (Å²) < 4.78 is 6.08. The van der Waals surface area contributed by atoms with Crippen molar-refractivity contribution in [2.45, 2.75) is 45.1 Å². The summed E-state index contributed by atoms with van der Waals surface area (Å²) in [5.41, 5.74) is 0.714. The number of carbonyl (C=O) groups is 2. The van der Waals surface area contributed by atoms with E-state index in [9.17, 15) is 9.59 Å². The summed E-state index contributed by atoms with van der Waals surface area (Å²) in [4.78, 5) is 25.5. The predicted molar refractivity (Wildman–Crippen MR) is 98.9 cm³/mol. The Bertz CT molecular complexity index is 846.